The number of unbranched alkanes of at least 4 members (excludes halogenated alkanes) is 1. The average molecular weight is 544 g/mol. The number of carboxylic acid groups (broad SMARTS) is 1. The lowest BCUT2D eigenvalue weighted by Crippen LogP contribution is -2.47. The maximum atomic E-state index is 13.3. The number of benzene rings is 3. The molecule has 0 spiro atoms. The second-order valence-corrected chi connectivity index (χ2v) is 10.8. The highest BCUT2D eigenvalue weighted by Gasteiger charge is 2.32. The standard InChI is InChI=1S/C30H33N5O3S/c1-21(2)28(30(37)38)35(27(36)14-8-9-19-39-24-10-4-3-5-11-24)20-22-15-17-23(18-16-22)25-12-6-7-13-26(25)29-31-33-34-32-29/h3-7,10-13,15-18,21,28H,8-9,14,19-20H2,1-2H3,(H,37,38)(H,31,32,33,34)/t28-/m0/s1. The van der Waals surface area contributed by atoms with Crippen LogP contribution in [0.1, 0.15) is 38.7 Å². The van der Waals surface area contributed by atoms with E-state index in [1.807, 2.05) is 80.6 Å². The maximum absolute atomic E-state index is 13.3. The first-order valence-electron chi connectivity index (χ1n) is 13.1. The van der Waals surface area contributed by atoms with Crippen LogP contribution in [-0.2, 0) is 16.1 Å². The fourth-order valence-corrected chi connectivity index (χ4v) is 5.48. The summed E-state index contributed by atoms with van der Waals surface area (Å²) in [4.78, 5) is 28.2. The Morgan fingerprint density at radius 3 is 2.26 bits per heavy atom. The number of carboxylic acids is 1. The third kappa shape index (κ3) is 7.54. The number of rotatable bonds is 13. The number of carbonyl (C=O) groups excluding carboxylic acids is 1. The van der Waals surface area contributed by atoms with Crippen LogP contribution in [0.15, 0.2) is 83.8 Å². The number of aromatic nitrogens is 4. The van der Waals surface area contributed by atoms with E-state index >= 15 is 0 Å². The first kappa shape index (κ1) is 28.0. The fourth-order valence-electron chi connectivity index (χ4n) is 4.55. The van der Waals surface area contributed by atoms with Crippen molar-refractivity contribution in [3.05, 3.63) is 84.4 Å². The summed E-state index contributed by atoms with van der Waals surface area (Å²) >= 11 is 1.77. The third-order valence-corrected chi connectivity index (χ3v) is 7.58. The molecule has 39 heavy (non-hydrogen) atoms. The number of aromatic amines is 1. The van der Waals surface area contributed by atoms with Crippen molar-refractivity contribution in [3.8, 4) is 22.5 Å². The van der Waals surface area contributed by atoms with Crippen molar-refractivity contribution >= 4 is 23.6 Å². The maximum Gasteiger partial charge on any atom is 0.326 e. The van der Waals surface area contributed by atoms with Gasteiger partial charge >= 0.3 is 5.97 Å². The highest BCUT2D eigenvalue weighted by molar-refractivity contribution is 7.99. The molecule has 0 radical (unpaired) electrons. The Labute approximate surface area is 232 Å². The number of H-pyrrole nitrogens is 1. The average Bonchev–Trinajstić information content (AvgIpc) is 3.48. The van der Waals surface area contributed by atoms with Crippen LogP contribution in [0.2, 0.25) is 0 Å². The van der Waals surface area contributed by atoms with Crippen LogP contribution in [0.25, 0.3) is 22.5 Å². The monoisotopic (exact) mass is 543 g/mol. The first-order valence-corrected chi connectivity index (χ1v) is 14.0. The van der Waals surface area contributed by atoms with Crippen molar-refractivity contribution in [1.29, 1.82) is 0 Å². The summed E-state index contributed by atoms with van der Waals surface area (Å²) in [6.07, 6.45) is 1.92. The summed E-state index contributed by atoms with van der Waals surface area (Å²) in [6, 6.07) is 25.0. The van der Waals surface area contributed by atoms with Crippen molar-refractivity contribution in [1.82, 2.24) is 25.5 Å². The Bertz CT molecular complexity index is 1340. The Balaban J connectivity index is 1.44. The Morgan fingerprint density at radius 1 is 0.923 bits per heavy atom. The number of hydrogen-bond acceptors (Lipinski definition) is 6. The van der Waals surface area contributed by atoms with Crippen molar-refractivity contribution in [2.45, 2.75) is 50.6 Å². The highest BCUT2D eigenvalue weighted by atomic mass is 32.2. The van der Waals surface area contributed by atoms with Crippen LogP contribution < -0.4 is 0 Å². The molecule has 1 heterocycles. The Morgan fingerprint density at radius 2 is 1.62 bits per heavy atom. The van der Waals surface area contributed by atoms with Gasteiger partial charge in [-0.3, -0.25) is 4.79 Å². The summed E-state index contributed by atoms with van der Waals surface area (Å²) in [5.74, 6) is 0.158. The van der Waals surface area contributed by atoms with Gasteiger partial charge in [0, 0.05) is 23.4 Å². The molecule has 4 aromatic rings. The zero-order valence-corrected chi connectivity index (χ0v) is 23.0. The predicted octanol–water partition coefficient (Wildman–Crippen LogP) is 5.93. The van der Waals surface area contributed by atoms with Crippen LogP contribution in [0.5, 0.6) is 0 Å². The van der Waals surface area contributed by atoms with E-state index in [0.29, 0.717) is 18.7 Å². The molecule has 8 nitrogen and oxygen atoms in total. The van der Waals surface area contributed by atoms with Gasteiger partial charge in [0.15, 0.2) is 5.82 Å². The zero-order chi connectivity index (χ0) is 27.6. The minimum atomic E-state index is -0.982. The summed E-state index contributed by atoms with van der Waals surface area (Å²) in [5.41, 5.74) is 3.69. The molecule has 1 amide bonds. The van der Waals surface area contributed by atoms with Crippen molar-refractivity contribution in [3.63, 3.8) is 0 Å². The van der Waals surface area contributed by atoms with Gasteiger partial charge in [0.05, 0.1) is 0 Å². The molecule has 1 aromatic heterocycles. The van der Waals surface area contributed by atoms with Crippen LogP contribution in [0.3, 0.4) is 0 Å². The quantitative estimate of drug-likeness (QED) is 0.159. The van der Waals surface area contributed by atoms with E-state index in [0.717, 1.165) is 34.4 Å². The van der Waals surface area contributed by atoms with E-state index in [9.17, 15) is 14.7 Å². The molecule has 0 aliphatic heterocycles. The number of amides is 1. The predicted molar refractivity (Wildman–Crippen MR) is 153 cm³/mol. The van der Waals surface area contributed by atoms with E-state index in [4.69, 9.17) is 0 Å². The lowest BCUT2D eigenvalue weighted by atomic mass is 9.97. The molecule has 0 saturated carbocycles. The Kier molecular flexibility index (Phi) is 9.85. The second kappa shape index (κ2) is 13.7. The highest BCUT2D eigenvalue weighted by Crippen LogP contribution is 2.30. The number of thioether (sulfide) groups is 1. The van der Waals surface area contributed by atoms with E-state index in [2.05, 4.69) is 32.8 Å². The molecule has 4 rings (SSSR count). The van der Waals surface area contributed by atoms with Gasteiger partial charge in [0.25, 0.3) is 0 Å². The smallest absolute Gasteiger partial charge is 0.326 e. The molecule has 2 N–H and O–H groups in total. The molecule has 1 atom stereocenters. The molecule has 0 aliphatic rings. The molecule has 9 heteroatoms. The fraction of sp³-hybridized carbons (Fsp3) is 0.300. The summed E-state index contributed by atoms with van der Waals surface area (Å²) in [7, 11) is 0. The second-order valence-electron chi connectivity index (χ2n) is 9.66. The molecule has 0 unspecified atom stereocenters. The number of hydrogen-bond donors (Lipinski definition) is 2. The summed E-state index contributed by atoms with van der Waals surface area (Å²) in [6.45, 7) is 3.92. The van der Waals surface area contributed by atoms with Gasteiger partial charge in [0.2, 0.25) is 5.91 Å². The number of tetrazole rings is 1. The number of nitrogens with one attached hydrogen (secondary N) is 1. The topological polar surface area (TPSA) is 112 Å². The van der Waals surface area contributed by atoms with E-state index in [-0.39, 0.29) is 18.4 Å². The lowest BCUT2D eigenvalue weighted by molar-refractivity contribution is -0.153. The van der Waals surface area contributed by atoms with E-state index in [1.54, 1.807) is 11.8 Å². The van der Waals surface area contributed by atoms with Crippen LogP contribution in [-0.4, -0.2) is 54.3 Å². The molecule has 0 saturated heterocycles. The third-order valence-electron chi connectivity index (χ3n) is 6.48. The number of nitrogens with zero attached hydrogens (tertiary/aromatic N) is 4. The van der Waals surface area contributed by atoms with Crippen molar-refractivity contribution < 1.29 is 14.7 Å². The van der Waals surface area contributed by atoms with Gasteiger partial charge in [-0.1, -0.05) is 80.6 Å². The van der Waals surface area contributed by atoms with Gasteiger partial charge in [-0.15, -0.1) is 16.9 Å². The first-order chi connectivity index (χ1) is 18.9. The van der Waals surface area contributed by atoms with E-state index in [1.165, 1.54) is 9.80 Å². The molecule has 202 valence electrons. The van der Waals surface area contributed by atoms with Crippen LogP contribution in [0.4, 0.5) is 0 Å². The zero-order valence-electron chi connectivity index (χ0n) is 22.2. The summed E-state index contributed by atoms with van der Waals surface area (Å²) in [5, 5.41) is 24.2. The number of carbonyl (C=O) groups is 2. The minimum absolute atomic E-state index is 0.131. The van der Waals surface area contributed by atoms with Gasteiger partial charge in [-0.05, 0) is 63.8 Å². The SMILES string of the molecule is CC(C)[C@@H](C(=O)O)N(Cc1ccc(-c2ccccc2-c2nnn[nH]2)cc1)C(=O)CCCCSc1ccccc1. The minimum Gasteiger partial charge on any atom is -0.480 e. The van der Waals surface area contributed by atoms with Gasteiger partial charge < -0.3 is 10.0 Å². The Hall–Kier alpha value is -3.98. The van der Waals surface area contributed by atoms with Gasteiger partial charge in [-0.25, -0.2) is 9.89 Å². The lowest BCUT2D eigenvalue weighted by Gasteiger charge is -2.32. The van der Waals surface area contributed by atoms with Gasteiger partial charge in [0.1, 0.15) is 6.04 Å². The van der Waals surface area contributed by atoms with Gasteiger partial charge in [-0.2, -0.15) is 0 Å². The largest absolute Gasteiger partial charge is 0.480 e. The van der Waals surface area contributed by atoms with E-state index < -0.39 is 12.0 Å². The van der Waals surface area contributed by atoms with Crippen molar-refractivity contribution in [2.24, 2.45) is 5.92 Å². The summed E-state index contributed by atoms with van der Waals surface area (Å²) < 4.78 is 0. The van der Waals surface area contributed by atoms with Crippen LogP contribution in [0, 0.1) is 5.92 Å². The molecule has 0 fully saturated rings. The van der Waals surface area contributed by atoms with Crippen molar-refractivity contribution in [2.75, 3.05) is 5.75 Å². The normalized spacial score (nSPS) is 11.9. The number of aliphatic carboxylic acids is 1. The molecule has 0 bridgehead atoms. The molecule has 0 aliphatic carbocycles. The molecular formula is C30H33N5O3S. The molecule has 3 aromatic carbocycles. The van der Waals surface area contributed by atoms with Crippen LogP contribution >= 0.6 is 11.8 Å². The molecular weight excluding hydrogens is 510 g/mol.